The van der Waals surface area contributed by atoms with Gasteiger partial charge in [-0.2, -0.15) is 0 Å². The van der Waals surface area contributed by atoms with Crippen LogP contribution < -0.4 is 0 Å². The van der Waals surface area contributed by atoms with Gasteiger partial charge in [0, 0.05) is 0 Å². The highest BCUT2D eigenvalue weighted by Gasteiger charge is 2.15. The van der Waals surface area contributed by atoms with Crippen LogP contribution in [0.4, 0.5) is 0 Å². The molecule has 0 N–H and O–H groups in total. The molecule has 0 heteroatoms. The first-order valence-electron chi connectivity index (χ1n) is 10.2. The third-order valence-corrected chi connectivity index (χ3v) is 5.57. The van der Waals surface area contributed by atoms with E-state index in [-0.39, 0.29) is 0 Å². The topological polar surface area (TPSA) is 0 Å². The standard InChI is InChI=1S/C25H32/c1-3-5-7-21-10-14-23(15-11-21)25-18-16-24(17-19-25)22-12-8-20(6-4-2)9-13-22/h8-9,12-14,16-19,21H,3-7,10-11,15H2,1-2H3. The summed E-state index contributed by atoms with van der Waals surface area (Å²) in [5.74, 6) is 0.921. The van der Waals surface area contributed by atoms with E-state index >= 15 is 0 Å². The number of benzene rings is 2. The first-order valence-corrected chi connectivity index (χ1v) is 10.2. The Hall–Kier alpha value is -1.82. The second kappa shape index (κ2) is 9.04. The molecule has 132 valence electrons. The lowest BCUT2D eigenvalue weighted by molar-refractivity contribution is 0.434. The molecule has 0 amide bonds. The molecule has 1 aliphatic carbocycles. The van der Waals surface area contributed by atoms with Crippen LogP contribution in [0.25, 0.3) is 16.7 Å². The van der Waals surface area contributed by atoms with Gasteiger partial charge in [0.15, 0.2) is 0 Å². The van der Waals surface area contributed by atoms with E-state index in [1.165, 1.54) is 73.6 Å². The van der Waals surface area contributed by atoms with E-state index in [0.29, 0.717) is 0 Å². The third-order valence-electron chi connectivity index (χ3n) is 5.57. The van der Waals surface area contributed by atoms with Gasteiger partial charge in [0.2, 0.25) is 0 Å². The Balaban J connectivity index is 1.65. The average Bonchev–Trinajstić information content (AvgIpc) is 2.68. The van der Waals surface area contributed by atoms with Crippen LogP contribution in [-0.2, 0) is 6.42 Å². The Morgan fingerprint density at radius 1 is 0.800 bits per heavy atom. The van der Waals surface area contributed by atoms with Crippen LogP contribution in [-0.4, -0.2) is 0 Å². The zero-order chi connectivity index (χ0) is 17.5. The van der Waals surface area contributed by atoms with Gasteiger partial charge < -0.3 is 0 Å². The molecule has 1 aliphatic rings. The molecule has 1 unspecified atom stereocenters. The smallest absolute Gasteiger partial charge is 0.0184 e. The molecule has 0 spiro atoms. The molecule has 0 saturated heterocycles. The molecule has 0 bridgehead atoms. The lowest BCUT2D eigenvalue weighted by Crippen LogP contribution is -2.05. The summed E-state index contributed by atoms with van der Waals surface area (Å²) in [4.78, 5) is 0. The summed E-state index contributed by atoms with van der Waals surface area (Å²) < 4.78 is 0. The molecule has 25 heavy (non-hydrogen) atoms. The van der Waals surface area contributed by atoms with Crippen molar-refractivity contribution in [2.24, 2.45) is 5.92 Å². The van der Waals surface area contributed by atoms with Gasteiger partial charge in [-0.25, -0.2) is 0 Å². The lowest BCUT2D eigenvalue weighted by Gasteiger charge is -2.22. The minimum atomic E-state index is 0.921. The van der Waals surface area contributed by atoms with E-state index in [1.807, 2.05) is 0 Å². The van der Waals surface area contributed by atoms with Crippen molar-refractivity contribution < 1.29 is 0 Å². The molecule has 2 aromatic carbocycles. The highest BCUT2D eigenvalue weighted by molar-refractivity contribution is 5.71. The summed E-state index contributed by atoms with van der Waals surface area (Å²) in [7, 11) is 0. The van der Waals surface area contributed by atoms with E-state index in [0.717, 1.165) is 5.92 Å². The van der Waals surface area contributed by atoms with Gasteiger partial charge in [-0.3, -0.25) is 0 Å². The van der Waals surface area contributed by atoms with Crippen LogP contribution in [0.5, 0.6) is 0 Å². The molecule has 0 aromatic heterocycles. The fourth-order valence-electron chi connectivity index (χ4n) is 3.93. The van der Waals surface area contributed by atoms with Crippen LogP contribution >= 0.6 is 0 Å². The molecule has 0 fully saturated rings. The van der Waals surface area contributed by atoms with Gasteiger partial charge in [0.05, 0.1) is 0 Å². The summed E-state index contributed by atoms with van der Waals surface area (Å²) in [6.07, 6.45) is 12.9. The van der Waals surface area contributed by atoms with E-state index in [4.69, 9.17) is 0 Å². The molecular formula is C25H32. The average molecular weight is 333 g/mol. The predicted molar refractivity (Wildman–Crippen MR) is 111 cm³/mol. The van der Waals surface area contributed by atoms with Gasteiger partial charge in [-0.05, 0) is 59.4 Å². The second-order valence-corrected chi connectivity index (χ2v) is 7.54. The Bertz CT molecular complexity index is 673. The summed E-state index contributed by atoms with van der Waals surface area (Å²) >= 11 is 0. The van der Waals surface area contributed by atoms with Crippen molar-refractivity contribution in [1.29, 1.82) is 0 Å². The number of hydrogen-bond acceptors (Lipinski definition) is 0. The molecule has 1 atom stereocenters. The van der Waals surface area contributed by atoms with Crippen LogP contribution in [0.2, 0.25) is 0 Å². The molecule has 0 radical (unpaired) electrons. The highest BCUT2D eigenvalue weighted by atomic mass is 14.2. The van der Waals surface area contributed by atoms with Gasteiger partial charge in [0.1, 0.15) is 0 Å². The number of hydrogen-bond donors (Lipinski definition) is 0. The SMILES string of the molecule is CCCCC1CC=C(c2ccc(-c3ccc(CCC)cc3)cc2)CC1. The van der Waals surface area contributed by atoms with Crippen LogP contribution in [0.3, 0.4) is 0 Å². The number of aryl methyl sites for hydroxylation is 1. The first kappa shape index (κ1) is 18.0. The Morgan fingerprint density at radius 3 is 2.00 bits per heavy atom. The summed E-state index contributed by atoms with van der Waals surface area (Å²) in [5, 5.41) is 0. The number of allylic oxidation sites excluding steroid dienone is 2. The molecule has 2 aromatic rings. The Labute approximate surface area is 154 Å². The zero-order valence-electron chi connectivity index (χ0n) is 15.9. The minimum absolute atomic E-state index is 0.921. The predicted octanol–water partition coefficient (Wildman–Crippen LogP) is 7.68. The van der Waals surface area contributed by atoms with Crippen molar-refractivity contribution >= 4 is 5.57 Å². The minimum Gasteiger partial charge on any atom is -0.0804 e. The summed E-state index contributed by atoms with van der Waals surface area (Å²) in [6, 6.07) is 18.3. The molecular weight excluding hydrogens is 300 g/mol. The second-order valence-electron chi connectivity index (χ2n) is 7.54. The van der Waals surface area contributed by atoms with E-state index in [9.17, 15) is 0 Å². The fraction of sp³-hybridized carbons (Fsp3) is 0.440. The van der Waals surface area contributed by atoms with Crippen molar-refractivity contribution in [3.8, 4) is 11.1 Å². The van der Waals surface area contributed by atoms with Crippen molar-refractivity contribution in [1.82, 2.24) is 0 Å². The summed E-state index contributed by atoms with van der Waals surface area (Å²) in [5.41, 5.74) is 7.05. The molecule has 0 saturated carbocycles. The molecule has 0 aliphatic heterocycles. The molecule has 3 rings (SSSR count). The monoisotopic (exact) mass is 332 g/mol. The van der Waals surface area contributed by atoms with Gasteiger partial charge in [0.25, 0.3) is 0 Å². The fourth-order valence-corrected chi connectivity index (χ4v) is 3.93. The summed E-state index contributed by atoms with van der Waals surface area (Å²) in [6.45, 7) is 4.53. The maximum Gasteiger partial charge on any atom is -0.0184 e. The third kappa shape index (κ3) is 4.84. The van der Waals surface area contributed by atoms with Gasteiger partial charge in [-0.15, -0.1) is 0 Å². The van der Waals surface area contributed by atoms with E-state index in [1.54, 1.807) is 5.57 Å². The number of unbranched alkanes of at least 4 members (excludes halogenated alkanes) is 1. The Kier molecular flexibility index (Phi) is 6.50. The van der Waals surface area contributed by atoms with Crippen molar-refractivity contribution in [2.75, 3.05) is 0 Å². The zero-order valence-corrected chi connectivity index (χ0v) is 15.9. The molecule has 0 nitrogen and oxygen atoms in total. The van der Waals surface area contributed by atoms with Crippen LogP contribution in [0.1, 0.15) is 69.9 Å². The van der Waals surface area contributed by atoms with Gasteiger partial charge >= 0.3 is 0 Å². The van der Waals surface area contributed by atoms with Crippen LogP contribution in [0, 0.1) is 5.92 Å². The van der Waals surface area contributed by atoms with Crippen molar-refractivity contribution in [3.05, 3.63) is 65.7 Å². The van der Waals surface area contributed by atoms with E-state index in [2.05, 4.69) is 68.5 Å². The normalized spacial score (nSPS) is 17.4. The van der Waals surface area contributed by atoms with Crippen molar-refractivity contribution in [3.63, 3.8) is 0 Å². The van der Waals surface area contributed by atoms with Crippen molar-refractivity contribution in [2.45, 2.75) is 65.2 Å². The lowest BCUT2D eigenvalue weighted by atomic mass is 9.84. The first-order chi connectivity index (χ1) is 12.3. The van der Waals surface area contributed by atoms with Crippen LogP contribution in [0.15, 0.2) is 54.6 Å². The molecule has 0 heterocycles. The maximum absolute atomic E-state index is 2.50. The quantitative estimate of drug-likeness (QED) is 0.487. The van der Waals surface area contributed by atoms with Gasteiger partial charge in [-0.1, -0.05) is 94.1 Å². The highest BCUT2D eigenvalue weighted by Crippen LogP contribution is 2.33. The number of rotatable bonds is 7. The largest absolute Gasteiger partial charge is 0.0804 e. The maximum atomic E-state index is 2.50. The Morgan fingerprint density at radius 2 is 1.44 bits per heavy atom. The van der Waals surface area contributed by atoms with E-state index < -0.39 is 0 Å².